The molecule has 2 aromatic heterocycles. The highest BCUT2D eigenvalue weighted by Crippen LogP contribution is 2.41. The Morgan fingerprint density at radius 1 is 1.00 bits per heavy atom. The lowest BCUT2D eigenvalue weighted by molar-refractivity contribution is -0.140. The minimum absolute atomic E-state index is 0.00713. The molecule has 0 saturated heterocycles. The Morgan fingerprint density at radius 3 is 2.00 bits per heavy atom. The van der Waals surface area contributed by atoms with Gasteiger partial charge in [-0.15, -0.1) is 0 Å². The molecule has 20 heavy (non-hydrogen) atoms. The van der Waals surface area contributed by atoms with Gasteiger partial charge in [-0.2, -0.15) is 23.1 Å². The zero-order valence-corrected chi connectivity index (χ0v) is 10.6. The molecule has 8 heteroatoms. The van der Waals surface area contributed by atoms with Crippen molar-refractivity contribution in [2.45, 2.75) is 6.18 Å². The van der Waals surface area contributed by atoms with Crippen molar-refractivity contribution in [1.29, 1.82) is 0 Å². The lowest BCUT2D eigenvalue weighted by Gasteiger charge is -2.14. The Morgan fingerprint density at radius 2 is 1.60 bits per heavy atom. The predicted molar refractivity (Wildman–Crippen MR) is 63.4 cm³/mol. The van der Waals surface area contributed by atoms with E-state index in [1.165, 1.54) is 6.20 Å². The van der Waals surface area contributed by atoms with Crippen LogP contribution in [0.1, 0.15) is 5.56 Å². The van der Waals surface area contributed by atoms with E-state index in [0.29, 0.717) is 5.69 Å². The first-order valence-electron chi connectivity index (χ1n) is 5.46. The van der Waals surface area contributed by atoms with Gasteiger partial charge in [0.25, 0.3) is 0 Å². The summed E-state index contributed by atoms with van der Waals surface area (Å²) < 4.78 is 48.3. The fourth-order valence-electron chi connectivity index (χ4n) is 1.57. The standard InChI is InChI=1S/C12H10F3N3O2/c1-19-10-8(12(13,14)15)11(20-2)18-9(17-10)7-5-3-4-6-16-7/h3-6H,1-2H3. The van der Waals surface area contributed by atoms with Crippen molar-refractivity contribution >= 4 is 0 Å². The topological polar surface area (TPSA) is 57.1 Å². The maximum absolute atomic E-state index is 13.0. The summed E-state index contributed by atoms with van der Waals surface area (Å²) in [5.41, 5.74) is -0.833. The van der Waals surface area contributed by atoms with Gasteiger partial charge in [0, 0.05) is 6.20 Å². The van der Waals surface area contributed by atoms with Gasteiger partial charge < -0.3 is 9.47 Å². The third kappa shape index (κ3) is 2.63. The second-order valence-corrected chi connectivity index (χ2v) is 3.65. The lowest BCUT2D eigenvalue weighted by atomic mass is 10.2. The van der Waals surface area contributed by atoms with Gasteiger partial charge in [-0.3, -0.25) is 4.98 Å². The van der Waals surface area contributed by atoms with E-state index >= 15 is 0 Å². The summed E-state index contributed by atoms with van der Waals surface area (Å²) in [7, 11) is 2.19. The summed E-state index contributed by atoms with van der Waals surface area (Å²) >= 11 is 0. The second-order valence-electron chi connectivity index (χ2n) is 3.65. The highest BCUT2D eigenvalue weighted by molar-refractivity contribution is 5.53. The Labute approximate surface area is 112 Å². The summed E-state index contributed by atoms with van der Waals surface area (Å²) in [6.45, 7) is 0. The van der Waals surface area contributed by atoms with Crippen molar-refractivity contribution in [3.8, 4) is 23.3 Å². The average Bonchev–Trinajstić information content (AvgIpc) is 2.45. The van der Waals surface area contributed by atoms with Crippen LogP contribution < -0.4 is 9.47 Å². The Bertz CT molecular complexity index is 578. The number of aromatic nitrogens is 3. The number of hydrogen-bond donors (Lipinski definition) is 0. The molecule has 0 atom stereocenters. The molecule has 0 amide bonds. The fourth-order valence-corrected chi connectivity index (χ4v) is 1.57. The number of hydrogen-bond acceptors (Lipinski definition) is 5. The molecule has 2 rings (SSSR count). The highest BCUT2D eigenvalue weighted by Gasteiger charge is 2.40. The summed E-state index contributed by atoms with van der Waals surface area (Å²) in [5, 5.41) is 0. The molecule has 2 heterocycles. The minimum atomic E-state index is -4.68. The van der Waals surface area contributed by atoms with Crippen LogP contribution in [0.3, 0.4) is 0 Å². The Balaban J connectivity index is 2.65. The first-order valence-corrected chi connectivity index (χ1v) is 5.46. The average molecular weight is 285 g/mol. The van der Waals surface area contributed by atoms with Crippen LogP contribution in [0.15, 0.2) is 24.4 Å². The Hall–Kier alpha value is -2.38. The smallest absolute Gasteiger partial charge is 0.426 e. The number of nitrogens with zero attached hydrogens (tertiary/aromatic N) is 3. The van der Waals surface area contributed by atoms with E-state index in [2.05, 4.69) is 15.0 Å². The van der Waals surface area contributed by atoms with Crippen LogP contribution in [-0.4, -0.2) is 29.2 Å². The van der Waals surface area contributed by atoms with Gasteiger partial charge in [-0.1, -0.05) is 6.07 Å². The van der Waals surface area contributed by atoms with Gasteiger partial charge in [-0.25, -0.2) is 0 Å². The first-order chi connectivity index (χ1) is 9.47. The van der Waals surface area contributed by atoms with Crippen molar-refractivity contribution in [1.82, 2.24) is 15.0 Å². The SMILES string of the molecule is COc1nc(-c2ccccn2)nc(OC)c1C(F)(F)F. The maximum atomic E-state index is 13.0. The molecule has 0 saturated carbocycles. The van der Waals surface area contributed by atoms with E-state index in [9.17, 15) is 13.2 Å². The predicted octanol–water partition coefficient (Wildman–Crippen LogP) is 2.57. The fraction of sp³-hybridized carbons (Fsp3) is 0.250. The van der Waals surface area contributed by atoms with Crippen LogP contribution in [0, 0.1) is 0 Å². The van der Waals surface area contributed by atoms with E-state index in [0.717, 1.165) is 14.2 Å². The second kappa shape index (κ2) is 5.32. The van der Waals surface area contributed by atoms with Crippen molar-refractivity contribution in [2.75, 3.05) is 14.2 Å². The van der Waals surface area contributed by atoms with Crippen molar-refractivity contribution < 1.29 is 22.6 Å². The quantitative estimate of drug-likeness (QED) is 0.867. The highest BCUT2D eigenvalue weighted by atomic mass is 19.4. The van der Waals surface area contributed by atoms with Crippen LogP contribution >= 0.6 is 0 Å². The number of rotatable bonds is 3. The molecule has 0 aliphatic carbocycles. The first kappa shape index (κ1) is 14.0. The van der Waals surface area contributed by atoms with Gasteiger partial charge in [0.05, 0.1) is 14.2 Å². The molecule has 0 fully saturated rings. The molecule has 0 radical (unpaired) electrons. The molecule has 0 N–H and O–H groups in total. The number of methoxy groups -OCH3 is 2. The third-order valence-electron chi connectivity index (χ3n) is 2.41. The summed E-state index contributed by atoms with van der Waals surface area (Å²) in [5.74, 6) is -1.22. The molecule has 0 aliphatic heterocycles. The normalized spacial score (nSPS) is 11.2. The van der Waals surface area contributed by atoms with Gasteiger partial charge in [-0.05, 0) is 12.1 Å². The minimum Gasteiger partial charge on any atom is -0.480 e. The maximum Gasteiger partial charge on any atom is 0.426 e. The molecule has 0 bridgehead atoms. The molecule has 0 aromatic carbocycles. The van der Waals surface area contributed by atoms with Crippen LogP contribution in [0.25, 0.3) is 11.5 Å². The van der Waals surface area contributed by atoms with E-state index in [1.807, 2.05) is 0 Å². The largest absolute Gasteiger partial charge is 0.480 e. The molecular weight excluding hydrogens is 275 g/mol. The van der Waals surface area contributed by atoms with E-state index in [1.54, 1.807) is 18.2 Å². The molecule has 0 aliphatic rings. The zero-order chi connectivity index (χ0) is 14.8. The summed E-state index contributed by atoms with van der Waals surface area (Å²) in [4.78, 5) is 11.5. The molecule has 5 nitrogen and oxygen atoms in total. The molecule has 2 aromatic rings. The van der Waals surface area contributed by atoms with E-state index in [-0.39, 0.29) is 5.82 Å². The number of ether oxygens (including phenoxy) is 2. The molecule has 0 spiro atoms. The lowest BCUT2D eigenvalue weighted by Crippen LogP contribution is -2.13. The third-order valence-corrected chi connectivity index (χ3v) is 2.41. The summed E-state index contributed by atoms with van der Waals surface area (Å²) in [6.07, 6.45) is -3.20. The van der Waals surface area contributed by atoms with Crippen LogP contribution in [-0.2, 0) is 6.18 Å². The number of halogens is 3. The van der Waals surface area contributed by atoms with Gasteiger partial charge in [0.15, 0.2) is 11.4 Å². The van der Waals surface area contributed by atoms with Crippen molar-refractivity contribution in [3.63, 3.8) is 0 Å². The zero-order valence-electron chi connectivity index (χ0n) is 10.6. The monoisotopic (exact) mass is 285 g/mol. The van der Waals surface area contributed by atoms with Crippen molar-refractivity contribution in [2.24, 2.45) is 0 Å². The Kier molecular flexibility index (Phi) is 3.73. The molecule has 0 unspecified atom stereocenters. The number of alkyl halides is 3. The van der Waals surface area contributed by atoms with Crippen LogP contribution in [0.5, 0.6) is 11.8 Å². The molecule has 106 valence electrons. The number of pyridine rings is 1. The molecular formula is C12H10F3N3O2. The van der Waals surface area contributed by atoms with Crippen LogP contribution in [0.2, 0.25) is 0 Å². The van der Waals surface area contributed by atoms with Gasteiger partial charge in [0.1, 0.15) is 5.69 Å². The van der Waals surface area contributed by atoms with Crippen molar-refractivity contribution in [3.05, 3.63) is 30.0 Å². The van der Waals surface area contributed by atoms with Gasteiger partial charge >= 0.3 is 6.18 Å². The van der Waals surface area contributed by atoms with E-state index in [4.69, 9.17) is 9.47 Å². The van der Waals surface area contributed by atoms with E-state index < -0.39 is 23.5 Å². The van der Waals surface area contributed by atoms with Crippen LogP contribution in [0.4, 0.5) is 13.2 Å². The van der Waals surface area contributed by atoms with Gasteiger partial charge in [0.2, 0.25) is 11.8 Å². The summed E-state index contributed by atoms with van der Waals surface area (Å²) in [6, 6.07) is 4.91.